The number of nitrogens with zero attached hydrogens (tertiary/aromatic N) is 1. The van der Waals surface area contributed by atoms with E-state index in [4.69, 9.17) is 9.15 Å². The molecular weight excluding hydrogens is 383 g/mol. The summed E-state index contributed by atoms with van der Waals surface area (Å²) in [5, 5.41) is 3.00. The summed E-state index contributed by atoms with van der Waals surface area (Å²) in [6.07, 6.45) is 3.77. The summed E-state index contributed by atoms with van der Waals surface area (Å²) in [6.45, 7) is 1.67. The van der Waals surface area contributed by atoms with Crippen molar-refractivity contribution in [1.82, 2.24) is 10.2 Å². The molecule has 1 heterocycles. The van der Waals surface area contributed by atoms with Crippen LogP contribution in [0.3, 0.4) is 0 Å². The highest BCUT2D eigenvalue weighted by molar-refractivity contribution is 5.94. The molecule has 0 aliphatic heterocycles. The second-order valence-corrected chi connectivity index (χ2v) is 7.63. The fourth-order valence-corrected chi connectivity index (χ4v) is 3.42. The number of hydrogen-bond acceptors (Lipinski definition) is 4. The van der Waals surface area contributed by atoms with E-state index in [1.54, 1.807) is 19.4 Å². The molecular formula is C24H25FN2O3. The number of amides is 1. The van der Waals surface area contributed by atoms with Crippen molar-refractivity contribution in [2.45, 2.75) is 38.5 Å². The zero-order valence-electron chi connectivity index (χ0n) is 16.9. The van der Waals surface area contributed by atoms with Gasteiger partial charge in [-0.25, -0.2) is 4.39 Å². The summed E-state index contributed by atoms with van der Waals surface area (Å²) >= 11 is 0. The van der Waals surface area contributed by atoms with Gasteiger partial charge >= 0.3 is 0 Å². The lowest BCUT2D eigenvalue weighted by molar-refractivity contribution is 0.0951. The van der Waals surface area contributed by atoms with E-state index >= 15 is 0 Å². The van der Waals surface area contributed by atoms with Crippen LogP contribution >= 0.6 is 0 Å². The molecule has 0 atom stereocenters. The average molecular weight is 408 g/mol. The summed E-state index contributed by atoms with van der Waals surface area (Å²) in [5.41, 5.74) is 2.49. The van der Waals surface area contributed by atoms with E-state index in [2.05, 4.69) is 10.2 Å². The SMILES string of the molecule is COc1ccc(F)cc1CN(Cc1ccc(C(=O)NC2CC2)cc1)Cc1ccco1. The number of rotatable bonds is 9. The van der Waals surface area contributed by atoms with Crippen molar-refractivity contribution >= 4 is 5.91 Å². The number of ether oxygens (including phenoxy) is 1. The van der Waals surface area contributed by atoms with Crippen molar-refractivity contribution in [3.05, 3.63) is 89.1 Å². The predicted octanol–water partition coefficient (Wildman–Crippen LogP) is 4.52. The lowest BCUT2D eigenvalue weighted by Crippen LogP contribution is -2.25. The van der Waals surface area contributed by atoms with E-state index in [1.807, 2.05) is 36.4 Å². The number of nitrogens with one attached hydrogen (secondary N) is 1. The normalized spacial score (nSPS) is 13.4. The van der Waals surface area contributed by atoms with Gasteiger partial charge in [0.2, 0.25) is 0 Å². The highest BCUT2D eigenvalue weighted by atomic mass is 19.1. The Balaban J connectivity index is 1.49. The van der Waals surface area contributed by atoms with Crippen LogP contribution in [-0.2, 0) is 19.6 Å². The first-order valence-electron chi connectivity index (χ1n) is 10.1. The fourth-order valence-electron chi connectivity index (χ4n) is 3.42. The van der Waals surface area contributed by atoms with Gasteiger partial charge in [-0.1, -0.05) is 12.1 Å². The molecule has 0 unspecified atom stereocenters. The van der Waals surface area contributed by atoms with Gasteiger partial charge in [-0.05, 0) is 60.9 Å². The maximum Gasteiger partial charge on any atom is 0.251 e. The lowest BCUT2D eigenvalue weighted by atomic mass is 10.1. The number of furan rings is 1. The first-order chi connectivity index (χ1) is 14.6. The van der Waals surface area contributed by atoms with Crippen molar-refractivity contribution in [3.8, 4) is 5.75 Å². The summed E-state index contributed by atoms with van der Waals surface area (Å²) in [5.74, 6) is 1.15. The largest absolute Gasteiger partial charge is 0.496 e. The van der Waals surface area contributed by atoms with E-state index < -0.39 is 0 Å². The Hall–Kier alpha value is -3.12. The molecule has 6 heteroatoms. The monoisotopic (exact) mass is 408 g/mol. The third kappa shape index (κ3) is 5.27. The molecule has 156 valence electrons. The van der Waals surface area contributed by atoms with Crippen LogP contribution in [0.15, 0.2) is 65.3 Å². The highest BCUT2D eigenvalue weighted by Crippen LogP contribution is 2.24. The van der Waals surface area contributed by atoms with Crippen LogP contribution in [0, 0.1) is 5.82 Å². The van der Waals surface area contributed by atoms with Crippen molar-refractivity contribution < 1.29 is 18.3 Å². The van der Waals surface area contributed by atoms with Crippen LogP contribution in [0.2, 0.25) is 0 Å². The summed E-state index contributed by atoms with van der Waals surface area (Å²) < 4.78 is 24.7. The minimum Gasteiger partial charge on any atom is -0.496 e. The number of benzene rings is 2. The van der Waals surface area contributed by atoms with Gasteiger partial charge in [0, 0.05) is 30.3 Å². The molecule has 5 nitrogen and oxygen atoms in total. The Morgan fingerprint density at radius 2 is 1.93 bits per heavy atom. The van der Waals surface area contributed by atoms with Gasteiger partial charge in [0.05, 0.1) is 19.9 Å². The lowest BCUT2D eigenvalue weighted by Gasteiger charge is -2.23. The maximum atomic E-state index is 13.8. The fraction of sp³-hybridized carbons (Fsp3) is 0.292. The molecule has 1 amide bonds. The predicted molar refractivity (Wildman–Crippen MR) is 112 cm³/mol. The van der Waals surface area contributed by atoms with Gasteiger partial charge in [-0.3, -0.25) is 9.69 Å². The molecule has 1 aliphatic rings. The molecule has 0 radical (unpaired) electrons. The Morgan fingerprint density at radius 3 is 2.60 bits per heavy atom. The van der Waals surface area contributed by atoms with Gasteiger partial charge in [0.15, 0.2) is 0 Å². The van der Waals surface area contributed by atoms with Crippen LogP contribution < -0.4 is 10.1 Å². The van der Waals surface area contributed by atoms with Crippen LogP contribution in [0.5, 0.6) is 5.75 Å². The highest BCUT2D eigenvalue weighted by Gasteiger charge is 2.23. The van der Waals surface area contributed by atoms with Crippen molar-refractivity contribution in [2.24, 2.45) is 0 Å². The van der Waals surface area contributed by atoms with E-state index in [9.17, 15) is 9.18 Å². The molecule has 4 rings (SSSR count). The Morgan fingerprint density at radius 1 is 1.13 bits per heavy atom. The Labute approximate surface area is 175 Å². The third-order valence-electron chi connectivity index (χ3n) is 5.13. The summed E-state index contributed by atoms with van der Waals surface area (Å²) in [6, 6.07) is 16.3. The Kier molecular flexibility index (Phi) is 6.14. The Bertz CT molecular complexity index is 982. The number of halogens is 1. The number of carbonyl (C=O) groups excluding carboxylic acids is 1. The van der Waals surface area contributed by atoms with Crippen LogP contribution in [0.25, 0.3) is 0 Å². The molecule has 30 heavy (non-hydrogen) atoms. The molecule has 1 saturated carbocycles. The first kappa shape index (κ1) is 20.2. The molecule has 0 spiro atoms. The zero-order chi connectivity index (χ0) is 20.9. The van der Waals surface area contributed by atoms with E-state index in [0.29, 0.717) is 37.0 Å². The quantitative estimate of drug-likeness (QED) is 0.566. The molecule has 1 aromatic heterocycles. The summed E-state index contributed by atoms with van der Waals surface area (Å²) in [4.78, 5) is 14.3. The second-order valence-electron chi connectivity index (χ2n) is 7.63. The van der Waals surface area contributed by atoms with E-state index in [-0.39, 0.29) is 11.7 Å². The van der Waals surface area contributed by atoms with Crippen LogP contribution in [0.4, 0.5) is 4.39 Å². The zero-order valence-corrected chi connectivity index (χ0v) is 16.9. The topological polar surface area (TPSA) is 54.7 Å². The molecule has 0 saturated heterocycles. The molecule has 1 N–H and O–H groups in total. The number of methoxy groups -OCH3 is 1. The number of hydrogen-bond donors (Lipinski definition) is 1. The van der Waals surface area contributed by atoms with E-state index in [1.165, 1.54) is 12.1 Å². The van der Waals surface area contributed by atoms with Gasteiger partial charge in [-0.15, -0.1) is 0 Å². The van der Waals surface area contributed by atoms with Crippen LogP contribution in [0.1, 0.15) is 40.1 Å². The van der Waals surface area contributed by atoms with Crippen molar-refractivity contribution in [2.75, 3.05) is 7.11 Å². The van der Waals surface area contributed by atoms with Gasteiger partial charge in [0.1, 0.15) is 17.3 Å². The second kappa shape index (κ2) is 9.13. The smallest absolute Gasteiger partial charge is 0.251 e. The summed E-state index contributed by atoms with van der Waals surface area (Å²) in [7, 11) is 1.58. The van der Waals surface area contributed by atoms with Crippen molar-refractivity contribution in [3.63, 3.8) is 0 Å². The maximum absolute atomic E-state index is 13.8. The molecule has 1 aliphatic carbocycles. The standard InChI is InChI=1S/C24H25FN2O3/c1-29-23-11-8-20(25)13-19(23)15-27(16-22-3-2-12-30-22)14-17-4-6-18(7-5-17)24(28)26-21-9-10-21/h2-8,11-13,21H,9-10,14-16H2,1H3,(H,26,28). The average Bonchev–Trinajstić information content (AvgIpc) is 3.40. The third-order valence-corrected chi connectivity index (χ3v) is 5.13. The number of carbonyl (C=O) groups is 1. The molecule has 2 aromatic carbocycles. The molecule has 1 fully saturated rings. The van der Waals surface area contributed by atoms with Crippen molar-refractivity contribution in [1.29, 1.82) is 0 Å². The van der Waals surface area contributed by atoms with E-state index in [0.717, 1.165) is 29.7 Å². The minimum atomic E-state index is -0.297. The molecule has 0 bridgehead atoms. The minimum absolute atomic E-state index is 0.0269. The van der Waals surface area contributed by atoms with Crippen LogP contribution in [-0.4, -0.2) is 24.0 Å². The molecule has 3 aromatic rings. The van der Waals surface area contributed by atoms with Gasteiger partial charge in [0.25, 0.3) is 5.91 Å². The first-order valence-corrected chi connectivity index (χ1v) is 10.1. The van der Waals surface area contributed by atoms with Gasteiger partial charge in [-0.2, -0.15) is 0 Å². The van der Waals surface area contributed by atoms with Gasteiger partial charge < -0.3 is 14.5 Å².